The van der Waals surface area contributed by atoms with E-state index < -0.39 is 0 Å². The van der Waals surface area contributed by atoms with Crippen molar-refractivity contribution in [2.45, 2.75) is 19.9 Å². The summed E-state index contributed by atoms with van der Waals surface area (Å²) in [6, 6.07) is 7.07. The Hall–Kier alpha value is -1.79. The largest absolute Gasteiger partial charge is 0.484 e. The molecule has 24 heavy (non-hydrogen) atoms. The Morgan fingerprint density at radius 2 is 1.79 bits per heavy atom. The topological polar surface area (TPSA) is 61.9 Å². The van der Waals surface area contributed by atoms with Gasteiger partial charge in [-0.05, 0) is 38.1 Å². The van der Waals surface area contributed by atoms with Crippen molar-refractivity contribution in [3.05, 3.63) is 29.3 Å². The molecule has 0 bridgehead atoms. The van der Waals surface area contributed by atoms with E-state index in [0.717, 1.165) is 0 Å². The van der Waals surface area contributed by atoms with Crippen molar-refractivity contribution in [2.24, 2.45) is 0 Å². The number of hydrogen-bond acceptors (Lipinski definition) is 4. The van der Waals surface area contributed by atoms with Gasteiger partial charge in [-0.25, -0.2) is 0 Å². The molecule has 0 saturated carbocycles. The summed E-state index contributed by atoms with van der Waals surface area (Å²) in [6.45, 7) is 6.87. The first kappa shape index (κ1) is 18.5. The number of nitrogens with zero attached hydrogens (tertiary/aromatic N) is 2. The molecule has 0 aliphatic carbocycles. The third kappa shape index (κ3) is 6.02. The van der Waals surface area contributed by atoms with Crippen LogP contribution in [0.25, 0.3) is 0 Å². The standard InChI is InChI=1S/C17H24ClN3O3/c1-13(2)19-16(22)11-20-7-9-21(10-8-20)17(23)12-24-15-5-3-14(18)4-6-15/h3-6,13H,7-12H2,1-2H3,(H,19,22). The molecule has 6 nitrogen and oxygen atoms in total. The molecule has 1 aliphatic rings. The Morgan fingerprint density at radius 1 is 1.17 bits per heavy atom. The van der Waals surface area contributed by atoms with Crippen LogP contribution in [0.1, 0.15) is 13.8 Å². The highest BCUT2D eigenvalue weighted by Crippen LogP contribution is 2.15. The number of benzene rings is 1. The molecule has 0 aromatic heterocycles. The summed E-state index contributed by atoms with van der Waals surface area (Å²) in [4.78, 5) is 27.8. The maximum Gasteiger partial charge on any atom is 0.260 e. The van der Waals surface area contributed by atoms with Crippen LogP contribution < -0.4 is 10.1 Å². The van der Waals surface area contributed by atoms with E-state index in [1.165, 1.54) is 0 Å². The van der Waals surface area contributed by atoms with E-state index in [0.29, 0.717) is 43.5 Å². The van der Waals surface area contributed by atoms with Crippen LogP contribution in [0, 0.1) is 0 Å². The number of carbonyl (C=O) groups is 2. The van der Waals surface area contributed by atoms with Gasteiger partial charge in [0.2, 0.25) is 5.91 Å². The van der Waals surface area contributed by atoms with Gasteiger partial charge in [-0.15, -0.1) is 0 Å². The SMILES string of the molecule is CC(C)NC(=O)CN1CCN(C(=O)COc2ccc(Cl)cc2)CC1. The van der Waals surface area contributed by atoms with Gasteiger partial charge in [0.25, 0.3) is 5.91 Å². The maximum atomic E-state index is 12.2. The Kier molecular flexibility index (Phi) is 6.87. The number of amides is 2. The average Bonchev–Trinajstić information content (AvgIpc) is 2.54. The summed E-state index contributed by atoms with van der Waals surface area (Å²) in [6.07, 6.45) is 0. The van der Waals surface area contributed by atoms with Crippen LogP contribution in [-0.2, 0) is 9.59 Å². The van der Waals surface area contributed by atoms with Crippen LogP contribution in [0.15, 0.2) is 24.3 Å². The fourth-order valence-electron chi connectivity index (χ4n) is 2.49. The molecule has 0 atom stereocenters. The van der Waals surface area contributed by atoms with E-state index >= 15 is 0 Å². The number of hydrogen-bond donors (Lipinski definition) is 1. The summed E-state index contributed by atoms with van der Waals surface area (Å²) in [7, 11) is 0. The highest BCUT2D eigenvalue weighted by Gasteiger charge is 2.22. The monoisotopic (exact) mass is 353 g/mol. The van der Waals surface area contributed by atoms with Gasteiger partial charge in [0.05, 0.1) is 6.54 Å². The molecule has 1 aromatic rings. The summed E-state index contributed by atoms with van der Waals surface area (Å²) < 4.78 is 5.48. The van der Waals surface area contributed by atoms with Crippen molar-refractivity contribution < 1.29 is 14.3 Å². The number of rotatable bonds is 6. The third-order valence-electron chi connectivity index (χ3n) is 3.72. The minimum atomic E-state index is -0.0452. The first-order chi connectivity index (χ1) is 11.4. The molecule has 1 aromatic carbocycles. The molecule has 1 saturated heterocycles. The maximum absolute atomic E-state index is 12.2. The van der Waals surface area contributed by atoms with Crippen molar-refractivity contribution in [2.75, 3.05) is 39.3 Å². The minimum Gasteiger partial charge on any atom is -0.484 e. The fraction of sp³-hybridized carbons (Fsp3) is 0.529. The molecule has 0 unspecified atom stereocenters. The first-order valence-electron chi connectivity index (χ1n) is 8.12. The second-order valence-electron chi connectivity index (χ2n) is 6.12. The lowest BCUT2D eigenvalue weighted by Crippen LogP contribution is -2.52. The second-order valence-corrected chi connectivity index (χ2v) is 6.56. The van der Waals surface area contributed by atoms with Crippen LogP contribution in [0.4, 0.5) is 0 Å². The lowest BCUT2D eigenvalue weighted by Gasteiger charge is -2.34. The van der Waals surface area contributed by atoms with Crippen LogP contribution in [-0.4, -0.2) is 67.0 Å². The second kappa shape index (κ2) is 8.89. The minimum absolute atomic E-state index is 0.00939. The Morgan fingerprint density at radius 3 is 2.38 bits per heavy atom. The third-order valence-corrected chi connectivity index (χ3v) is 3.97. The highest BCUT2D eigenvalue weighted by molar-refractivity contribution is 6.30. The predicted octanol–water partition coefficient (Wildman–Crippen LogP) is 1.39. The van der Waals surface area contributed by atoms with Crippen LogP contribution in [0.5, 0.6) is 5.75 Å². The molecular formula is C17H24ClN3O3. The van der Waals surface area contributed by atoms with Gasteiger partial charge >= 0.3 is 0 Å². The van der Waals surface area contributed by atoms with Gasteiger partial charge in [-0.3, -0.25) is 14.5 Å². The number of halogens is 1. The molecule has 0 radical (unpaired) electrons. The zero-order chi connectivity index (χ0) is 17.5. The Balaban J connectivity index is 1.70. The first-order valence-corrected chi connectivity index (χ1v) is 8.49. The molecule has 0 spiro atoms. The van der Waals surface area contributed by atoms with Crippen molar-refractivity contribution in [3.63, 3.8) is 0 Å². The van der Waals surface area contributed by atoms with Crippen LogP contribution in [0.3, 0.4) is 0 Å². The van der Waals surface area contributed by atoms with Gasteiger partial charge in [0, 0.05) is 37.2 Å². The summed E-state index contributed by atoms with van der Waals surface area (Å²) in [5, 5.41) is 3.51. The van der Waals surface area contributed by atoms with Crippen molar-refractivity contribution >= 4 is 23.4 Å². The molecule has 2 amide bonds. The van der Waals surface area contributed by atoms with E-state index in [9.17, 15) is 9.59 Å². The van der Waals surface area contributed by atoms with E-state index in [1.807, 2.05) is 13.8 Å². The summed E-state index contributed by atoms with van der Waals surface area (Å²) in [5.74, 6) is 0.601. The van der Waals surface area contributed by atoms with Gasteiger partial charge in [0.1, 0.15) is 5.75 Å². The summed E-state index contributed by atoms with van der Waals surface area (Å²) in [5.41, 5.74) is 0. The van der Waals surface area contributed by atoms with Crippen molar-refractivity contribution in [1.29, 1.82) is 0 Å². The average molecular weight is 354 g/mol. The quantitative estimate of drug-likeness (QED) is 0.839. The molecule has 1 aliphatic heterocycles. The number of piperazine rings is 1. The van der Waals surface area contributed by atoms with Gasteiger partial charge in [0.15, 0.2) is 6.61 Å². The molecule has 1 fully saturated rings. The lowest BCUT2D eigenvalue weighted by molar-refractivity contribution is -0.135. The molecule has 1 heterocycles. The fourth-order valence-corrected chi connectivity index (χ4v) is 2.62. The lowest BCUT2D eigenvalue weighted by atomic mass is 10.3. The zero-order valence-electron chi connectivity index (χ0n) is 14.1. The number of nitrogens with one attached hydrogen (secondary N) is 1. The van der Waals surface area contributed by atoms with Crippen LogP contribution >= 0.6 is 11.6 Å². The van der Waals surface area contributed by atoms with Crippen molar-refractivity contribution in [1.82, 2.24) is 15.1 Å². The van der Waals surface area contributed by atoms with E-state index in [4.69, 9.17) is 16.3 Å². The molecule has 1 N–H and O–H groups in total. The Labute approximate surface area is 147 Å². The van der Waals surface area contributed by atoms with Crippen molar-refractivity contribution in [3.8, 4) is 5.75 Å². The van der Waals surface area contributed by atoms with E-state index in [-0.39, 0.29) is 24.5 Å². The Bertz CT molecular complexity index is 555. The number of ether oxygens (including phenoxy) is 1. The smallest absolute Gasteiger partial charge is 0.260 e. The highest BCUT2D eigenvalue weighted by atomic mass is 35.5. The van der Waals surface area contributed by atoms with Gasteiger partial charge < -0.3 is 15.0 Å². The summed E-state index contributed by atoms with van der Waals surface area (Å²) >= 11 is 5.81. The van der Waals surface area contributed by atoms with Gasteiger partial charge in [-0.1, -0.05) is 11.6 Å². The predicted molar refractivity (Wildman–Crippen MR) is 93.2 cm³/mol. The molecule has 132 valence electrons. The normalized spacial score (nSPS) is 15.4. The van der Waals surface area contributed by atoms with Crippen LogP contribution in [0.2, 0.25) is 5.02 Å². The van der Waals surface area contributed by atoms with E-state index in [1.54, 1.807) is 29.2 Å². The molecule has 2 rings (SSSR count). The number of carbonyl (C=O) groups excluding carboxylic acids is 2. The van der Waals surface area contributed by atoms with E-state index in [2.05, 4.69) is 10.2 Å². The molecule has 7 heteroatoms. The zero-order valence-corrected chi connectivity index (χ0v) is 14.9. The molecular weight excluding hydrogens is 330 g/mol. The van der Waals surface area contributed by atoms with Gasteiger partial charge in [-0.2, -0.15) is 0 Å².